The Labute approximate surface area is 127 Å². The highest BCUT2D eigenvalue weighted by Gasteiger charge is 2.43. The molecule has 5 nitrogen and oxygen atoms in total. The average molecular weight is 296 g/mol. The summed E-state index contributed by atoms with van der Waals surface area (Å²) in [5, 5.41) is 6.31. The normalized spacial score (nSPS) is 32.7. The second kappa shape index (κ2) is 7.25. The molecule has 0 bridgehead atoms. The van der Waals surface area contributed by atoms with Crippen LogP contribution in [0.1, 0.15) is 51.9 Å². The molecule has 1 amide bonds. The van der Waals surface area contributed by atoms with Crippen molar-refractivity contribution in [1.82, 2.24) is 10.6 Å². The fourth-order valence-corrected chi connectivity index (χ4v) is 3.46. The van der Waals surface area contributed by atoms with E-state index in [1.165, 1.54) is 7.11 Å². The largest absolute Gasteiger partial charge is 0.467 e. The van der Waals surface area contributed by atoms with Crippen LogP contribution >= 0.6 is 0 Å². The molecule has 1 saturated heterocycles. The third kappa shape index (κ3) is 4.19. The molecule has 0 aromatic carbocycles. The predicted molar refractivity (Wildman–Crippen MR) is 80.7 cm³/mol. The summed E-state index contributed by atoms with van der Waals surface area (Å²) in [5.41, 5.74) is -0.785. The first kappa shape index (κ1) is 16.3. The van der Waals surface area contributed by atoms with Crippen LogP contribution in [0, 0.1) is 11.8 Å². The molecule has 5 heteroatoms. The van der Waals surface area contributed by atoms with Gasteiger partial charge < -0.3 is 15.4 Å². The zero-order valence-electron chi connectivity index (χ0n) is 13.2. The Kier molecular flexibility index (Phi) is 5.62. The highest BCUT2D eigenvalue weighted by molar-refractivity contribution is 5.88. The summed E-state index contributed by atoms with van der Waals surface area (Å²) in [6.45, 7) is 4.25. The van der Waals surface area contributed by atoms with Crippen LogP contribution in [-0.2, 0) is 14.3 Å². The van der Waals surface area contributed by atoms with E-state index in [-0.39, 0.29) is 11.9 Å². The van der Waals surface area contributed by atoms with Crippen LogP contribution in [0.15, 0.2) is 0 Å². The smallest absolute Gasteiger partial charge is 0.331 e. The third-order valence-electron chi connectivity index (χ3n) is 5.02. The molecular formula is C16H28N2O3. The molecule has 0 radical (unpaired) electrons. The standard InChI is InChI=1S/C16H28N2O3/c1-12-5-8-16(9-6-12,15(20)21-2)18-14(19)4-3-13-7-10-17-11-13/h12-13,17H,3-11H2,1-2H3,(H,18,19). The van der Waals surface area contributed by atoms with E-state index in [2.05, 4.69) is 17.6 Å². The summed E-state index contributed by atoms with van der Waals surface area (Å²) in [6.07, 6.45) is 5.85. The van der Waals surface area contributed by atoms with Crippen LogP contribution in [0.4, 0.5) is 0 Å². The van der Waals surface area contributed by atoms with Crippen LogP contribution in [0.5, 0.6) is 0 Å². The maximum Gasteiger partial charge on any atom is 0.331 e. The fraction of sp³-hybridized carbons (Fsp3) is 0.875. The van der Waals surface area contributed by atoms with Crippen LogP contribution in [-0.4, -0.2) is 37.6 Å². The van der Waals surface area contributed by atoms with Crippen molar-refractivity contribution in [2.24, 2.45) is 11.8 Å². The first-order valence-corrected chi connectivity index (χ1v) is 8.16. The van der Waals surface area contributed by atoms with E-state index in [1.54, 1.807) is 0 Å². The van der Waals surface area contributed by atoms with Gasteiger partial charge in [-0.05, 0) is 63.5 Å². The van der Waals surface area contributed by atoms with Gasteiger partial charge in [0.2, 0.25) is 5.91 Å². The van der Waals surface area contributed by atoms with Crippen LogP contribution < -0.4 is 10.6 Å². The Hall–Kier alpha value is -1.10. The van der Waals surface area contributed by atoms with Gasteiger partial charge in [-0.2, -0.15) is 0 Å². The zero-order chi connectivity index (χ0) is 15.3. The van der Waals surface area contributed by atoms with Gasteiger partial charge in [-0.15, -0.1) is 0 Å². The fourth-order valence-electron chi connectivity index (χ4n) is 3.46. The summed E-state index contributed by atoms with van der Waals surface area (Å²) >= 11 is 0. The van der Waals surface area contributed by atoms with Crippen molar-refractivity contribution in [3.05, 3.63) is 0 Å². The molecule has 2 N–H and O–H groups in total. The third-order valence-corrected chi connectivity index (χ3v) is 5.02. The monoisotopic (exact) mass is 296 g/mol. The Bertz CT molecular complexity index is 370. The molecule has 1 aliphatic heterocycles. The van der Waals surface area contributed by atoms with Gasteiger partial charge in [0.1, 0.15) is 5.54 Å². The second-order valence-corrected chi connectivity index (χ2v) is 6.70. The molecule has 1 heterocycles. The molecule has 1 atom stereocenters. The van der Waals surface area contributed by atoms with E-state index in [1.807, 2.05) is 0 Å². The van der Waals surface area contributed by atoms with Crippen molar-refractivity contribution < 1.29 is 14.3 Å². The summed E-state index contributed by atoms with van der Waals surface area (Å²) in [6, 6.07) is 0. The average Bonchev–Trinajstić information content (AvgIpc) is 3.00. The Balaban J connectivity index is 1.88. The number of methoxy groups -OCH3 is 1. The van der Waals surface area contributed by atoms with Gasteiger partial charge in [-0.25, -0.2) is 4.79 Å². The van der Waals surface area contributed by atoms with Gasteiger partial charge in [-0.1, -0.05) is 6.92 Å². The molecule has 21 heavy (non-hydrogen) atoms. The van der Waals surface area contributed by atoms with Gasteiger partial charge in [0, 0.05) is 6.42 Å². The van der Waals surface area contributed by atoms with Gasteiger partial charge in [0.15, 0.2) is 0 Å². The molecule has 2 aliphatic rings. The Morgan fingerprint density at radius 1 is 1.29 bits per heavy atom. The molecule has 1 saturated carbocycles. The van der Waals surface area contributed by atoms with Crippen molar-refractivity contribution >= 4 is 11.9 Å². The number of amides is 1. The lowest BCUT2D eigenvalue weighted by Gasteiger charge is -2.37. The van der Waals surface area contributed by atoms with E-state index in [0.717, 1.165) is 38.8 Å². The topological polar surface area (TPSA) is 67.4 Å². The number of rotatable bonds is 5. The lowest BCUT2D eigenvalue weighted by Crippen LogP contribution is -2.56. The van der Waals surface area contributed by atoms with Gasteiger partial charge in [0.25, 0.3) is 0 Å². The number of hydrogen-bond donors (Lipinski definition) is 2. The molecule has 1 aliphatic carbocycles. The van der Waals surface area contributed by atoms with Crippen molar-refractivity contribution in [2.75, 3.05) is 20.2 Å². The number of hydrogen-bond acceptors (Lipinski definition) is 4. The first-order valence-electron chi connectivity index (χ1n) is 8.16. The minimum atomic E-state index is -0.785. The molecule has 0 spiro atoms. The van der Waals surface area contributed by atoms with Crippen LogP contribution in [0.2, 0.25) is 0 Å². The van der Waals surface area contributed by atoms with Crippen molar-refractivity contribution in [1.29, 1.82) is 0 Å². The van der Waals surface area contributed by atoms with Crippen LogP contribution in [0.25, 0.3) is 0 Å². The minimum Gasteiger partial charge on any atom is -0.467 e. The van der Waals surface area contributed by atoms with Crippen molar-refractivity contribution in [3.63, 3.8) is 0 Å². The molecule has 0 aromatic heterocycles. The van der Waals surface area contributed by atoms with Crippen molar-refractivity contribution in [3.8, 4) is 0 Å². The van der Waals surface area contributed by atoms with E-state index in [4.69, 9.17) is 4.74 Å². The SMILES string of the molecule is COC(=O)C1(NC(=O)CCC2CCNC2)CCC(C)CC1. The molecule has 2 fully saturated rings. The Morgan fingerprint density at radius 3 is 2.57 bits per heavy atom. The van der Waals surface area contributed by atoms with E-state index < -0.39 is 5.54 Å². The Morgan fingerprint density at radius 2 is 2.00 bits per heavy atom. The summed E-state index contributed by atoms with van der Waals surface area (Å²) in [4.78, 5) is 24.4. The first-order chi connectivity index (χ1) is 10.1. The lowest BCUT2D eigenvalue weighted by molar-refractivity contribution is -0.153. The number of nitrogens with one attached hydrogen (secondary N) is 2. The zero-order valence-corrected chi connectivity index (χ0v) is 13.2. The van der Waals surface area contributed by atoms with E-state index in [0.29, 0.717) is 31.1 Å². The number of carbonyl (C=O) groups excluding carboxylic acids is 2. The van der Waals surface area contributed by atoms with E-state index >= 15 is 0 Å². The quantitative estimate of drug-likeness (QED) is 0.757. The minimum absolute atomic E-state index is 0.0122. The maximum absolute atomic E-state index is 12.2. The second-order valence-electron chi connectivity index (χ2n) is 6.70. The van der Waals surface area contributed by atoms with E-state index in [9.17, 15) is 9.59 Å². The highest BCUT2D eigenvalue weighted by Crippen LogP contribution is 2.33. The molecule has 0 aromatic rings. The summed E-state index contributed by atoms with van der Waals surface area (Å²) < 4.78 is 4.94. The van der Waals surface area contributed by atoms with Crippen LogP contribution in [0.3, 0.4) is 0 Å². The summed E-state index contributed by atoms with van der Waals surface area (Å²) in [7, 11) is 1.40. The molecule has 2 rings (SSSR count). The number of esters is 1. The van der Waals surface area contributed by atoms with Crippen molar-refractivity contribution in [2.45, 2.75) is 57.4 Å². The molecular weight excluding hydrogens is 268 g/mol. The number of carbonyl (C=O) groups is 2. The van der Waals surface area contributed by atoms with Gasteiger partial charge in [0.05, 0.1) is 7.11 Å². The lowest BCUT2D eigenvalue weighted by atomic mass is 9.77. The summed E-state index contributed by atoms with van der Waals surface area (Å²) in [5.74, 6) is 0.910. The highest BCUT2D eigenvalue weighted by atomic mass is 16.5. The van der Waals surface area contributed by atoms with Gasteiger partial charge in [-0.3, -0.25) is 4.79 Å². The number of ether oxygens (including phenoxy) is 1. The maximum atomic E-state index is 12.2. The molecule has 120 valence electrons. The molecule has 1 unspecified atom stereocenters. The predicted octanol–water partition coefficient (Wildman–Crippen LogP) is 1.61. The van der Waals surface area contributed by atoms with Gasteiger partial charge >= 0.3 is 5.97 Å².